The summed E-state index contributed by atoms with van der Waals surface area (Å²) in [5, 5.41) is 12.4. The molecule has 1 aliphatic heterocycles. The van der Waals surface area contributed by atoms with Crippen LogP contribution in [0.5, 0.6) is 17.2 Å². The molecule has 0 saturated heterocycles. The second-order valence-electron chi connectivity index (χ2n) is 13.7. The van der Waals surface area contributed by atoms with E-state index < -0.39 is 11.6 Å². The molecule has 6 aromatic carbocycles. The SMILES string of the molecule is O=C(NCCc1ccc(OCc2ccccc2)c(OCc2ccccc2)c1)[C@]1(Cc2ccccc2)N=C(c2ccc(OCCCO)cc2)O[C@@H]1c1ccccc1. The molecule has 0 aromatic heterocycles. The van der Waals surface area contributed by atoms with Gasteiger partial charge >= 0.3 is 0 Å². The van der Waals surface area contributed by atoms with E-state index >= 15 is 0 Å². The van der Waals surface area contributed by atoms with Crippen LogP contribution in [-0.2, 0) is 35.6 Å². The summed E-state index contributed by atoms with van der Waals surface area (Å²) in [5.74, 6) is 2.13. The van der Waals surface area contributed by atoms with Crippen LogP contribution in [0.25, 0.3) is 0 Å². The number of benzene rings is 6. The highest BCUT2D eigenvalue weighted by Crippen LogP contribution is 2.42. The Kier molecular flexibility index (Phi) is 12.7. The predicted molar refractivity (Wildman–Crippen MR) is 218 cm³/mol. The Hall–Kier alpha value is -6.38. The van der Waals surface area contributed by atoms with Crippen molar-refractivity contribution in [2.75, 3.05) is 19.8 Å². The van der Waals surface area contributed by atoms with E-state index in [1.807, 2.05) is 164 Å². The number of aliphatic hydroxyl groups excluding tert-OH is 1. The van der Waals surface area contributed by atoms with E-state index in [9.17, 15) is 4.79 Å². The van der Waals surface area contributed by atoms with Crippen LogP contribution >= 0.6 is 0 Å². The Labute approximate surface area is 328 Å². The lowest BCUT2D eigenvalue weighted by Crippen LogP contribution is -2.50. The van der Waals surface area contributed by atoms with Crippen molar-refractivity contribution in [3.8, 4) is 17.2 Å². The molecule has 8 heteroatoms. The molecule has 2 atom stereocenters. The van der Waals surface area contributed by atoms with E-state index in [1.165, 1.54) is 0 Å². The van der Waals surface area contributed by atoms with Crippen molar-refractivity contribution in [1.82, 2.24) is 5.32 Å². The number of carbonyl (C=O) groups excluding carboxylic acids is 1. The van der Waals surface area contributed by atoms with Crippen molar-refractivity contribution >= 4 is 11.8 Å². The average Bonchev–Trinajstić information content (AvgIpc) is 3.64. The van der Waals surface area contributed by atoms with Crippen LogP contribution in [-0.4, -0.2) is 42.2 Å². The molecule has 1 heterocycles. The van der Waals surface area contributed by atoms with Crippen LogP contribution < -0.4 is 19.5 Å². The van der Waals surface area contributed by atoms with Crippen molar-refractivity contribution in [1.29, 1.82) is 0 Å². The normalized spacial score (nSPS) is 16.0. The van der Waals surface area contributed by atoms with Crippen molar-refractivity contribution in [2.24, 2.45) is 4.99 Å². The van der Waals surface area contributed by atoms with Gasteiger partial charge in [0.05, 0.1) is 6.61 Å². The third kappa shape index (κ3) is 9.64. The lowest BCUT2D eigenvalue weighted by Gasteiger charge is -2.31. The van der Waals surface area contributed by atoms with Gasteiger partial charge in [-0.1, -0.05) is 127 Å². The number of hydrogen-bond acceptors (Lipinski definition) is 7. The molecule has 1 amide bonds. The standard InChI is InChI=1S/C48H46N2O6/c51-30-13-31-53-42-25-23-41(24-26-42)46-50-48(33-37-14-5-1-6-15-37,45(56-46)40-20-11-4-12-21-40)47(52)49-29-28-36-22-27-43(54-34-38-16-7-2-8-17-38)44(32-36)55-35-39-18-9-3-10-19-39/h1-12,14-27,32,45,51H,13,28-31,33-35H2,(H,49,52)/t45-,48-/m1/s1. The summed E-state index contributed by atoms with van der Waals surface area (Å²) in [6.07, 6.45) is 0.749. The zero-order chi connectivity index (χ0) is 38.4. The molecular formula is C48H46N2O6. The number of amides is 1. The first-order valence-corrected chi connectivity index (χ1v) is 19.0. The number of nitrogens with zero attached hydrogens (tertiary/aromatic N) is 1. The van der Waals surface area contributed by atoms with Crippen LogP contribution in [0.1, 0.15) is 45.9 Å². The van der Waals surface area contributed by atoms with Crippen molar-refractivity contribution in [3.05, 3.63) is 197 Å². The minimum absolute atomic E-state index is 0.0653. The molecule has 0 unspecified atom stereocenters. The predicted octanol–water partition coefficient (Wildman–Crippen LogP) is 8.46. The number of hydrogen-bond donors (Lipinski definition) is 2. The molecule has 0 aliphatic carbocycles. The maximum absolute atomic E-state index is 14.7. The van der Waals surface area contributed by atoms with E-state index in [4.69, 9.17) is 29.0 Å². The number of nitrogens with one attached hydrogen (secondary N) is 1. The fourth-order valence-electron chi connectivity index (χ4n) is 6.70. The first-order chi connectivity index (χ1) is 27.6. The maximum atomic E-state index is 14.7. The first kappa shape index (κ1) is 37.9. The molecule has 8 nitrogen and oxygen atoms in total. The second kappa shape index (κ2) is 18.8. The molecule has 7 rings (SSSR count). The Balaban J connectivity index is 1.13. The van der Waals surface area contributed by atoms with Crippen LogP contribution in [0, 0.1) is 0 Å². The fourth-order valence-corrected chi connectivity index (χ4v) is 6.70. The summed E-state index contributed by atoms with van der Waals surface area (Å²) in [6, 6.07) is 53.2. The lowest BCUT2D eigenvalue weighted by atomic mass is 9.82. The smallest absolute Gasteiger partial charge is 0.252 e. The summed E-state index contributed by atoms with van der Waals surface area (Å²) < 4.78 is 25.0. The highest BCUT2D eigenvalue weighted by Gasteiger charge is 2.53. The van der Waals surface area contributed by atoms with Gasteiger partial charge in [0.1, 0.15) is 19.0 Å². The van der Waals surface area contributed by atoms with Gasteiger partial charge in [-0.05, 0) is 70.6 Å². The Bertz CT molecular complexity index is 2160. The number of ether oxygens (including phenoxy) is 4. The summed E-state index contributed by atoms with van der Waals surface area (Å²) in [7, 11) is 0. The molecule has 6 aromatic rings. The number of aliphatic hydroxyl groups is 1. The molecule has 2 N–H and O–H groups in total. The monoisotopic (exact) mass is 746 g/mol. The molecule has 1 aliphatic rings. The summed E-state index contributed by atoms with van der Waals surface area (Å²) in [4.78, 5) is 19.9. The number of rotatable bonds is 18. The molecule has 0 bridgehead atoms. The Morgan fingerprint density at radius 3 is 1.88 bits per heavy atom. The molecule has 0 spiro atoms. The molecule has 0 saturated carbocycles. The van der Waals surface area contributed by atoms with Gasteiger partial charge in [-0.3, -0.25) is 4.79 Å². The average molecular weight is 747 g/mol. The second-order valence-corrected chi connectivity index (χ2v) is 13.7. The highest BCUT2D eigenvalue weighted by molar-refractivity contribution is 6.01. The van der Waals surface area contributed by atoms with Gasteiger partial charge in [0.2, 0.25) is 5.90 Å². The zero-order valence-corrected chi connectivity index (χ0v) is 31.3. The fraction of sp³-hybridized carbons (Fsp3) is 0.208. The zero-order valence-electron chi connectivity index (χ0n) is 31.3. The molecule has 284 valence electrons. The molecule has 56 heavy (non-hydrogen) atoms. The minimum atomic E-state index is -1.30. The van der Waals surface area contributed by atoms with Crippen LogP contribution in [0.2, 0.25) is 0 Å². The van der Waals surface area contributed by atoms with Crippen LogP contribution in [0.4, 0.5) is 0 Å². The maximum Gasteiger partial charge on any atom is 0.252 e. The largest absolute Gasteiger partial charge is 0.494 e. The number of carbonyl (C=O) groups is 1. The quantitative estimate of drug-likeness (QED) is 0.0857. The van der Waals surface area contributed by atoms with Gasteiger partial charge in [0.25, 0.3) is 5.91 Å². The summed E-state index contributed by atoms with van der Waals surface area (Å²) in [6.45, 7) is 1.65. The van der Waals surface area contributed by atoms with Crippen molar-refractivity contribution in [3.63, 3.8) is 0 Å². The first-order valence-electron chi connectivity index (χ1n) is 19.0. The summed E-state index contributed by atoms with van der Waals surface area (Å²) in [5.41, 5.74) is 4.37. The van der Waals surface area contributed by atoms with Crippen molar-refractivity contribution in [2.45, 2.75) is 44.1 Å². The van der Waals surface area contributed by atoms with Gasteiger partial charge in [0.15, 0.2) is 23.1 Å². The third-order valence-electron chi connectivity index (χ3n) is 9.63. The minimum Gasteiger partial charge on any atom is -0.494 e. The van der Waals surface area contributed by atoms with E-state index in [1.54, 1.807) is 0 Å². The summed E-state index contributed by atoms with van der Waals surface area (Å²) >= 11 is 0. The van der Waals surface area contributed by atoms with Gasteiger partial charge in [-0.15, -0.1) is 0 Å². The van der Waals surface area contributed by atoms with Crippen LogP contribution in [0.15, 0.2) is 169 Å². The van der Waals surface area contributed by atoms with Gasteiger partial charge in [-0.25, -0.2) is 4.99 Å². The molecular weight excluding hydrogens is 701 g/mol. The molecule has 0 radical (unpaired) electrons. The highest BCUT2D eigenvalue weighted by atomic mass is 16.5. The Morgan fingerprint density at radius 1 is 0.661 bits per heavy atom. The Morgan fingerprint density at radius 2 is 1.25 bits per heavy atom. The van der Waals surface area contributed by atoms with Crippen LogP contribution in [0.3, 0.4) is 0 Å². The van der Waals surface area contributed by atoms with Crippen molar-refractivity contribution < 1.29 is 28.8 Å². The van der Waals surface area contributed by atoms with E-state index in [0.29, 0.717) is 68.8 Å². The number of aliphatic imine (C=N–C) groups is 1. The van der Waals surface area contributed by atoms with Gasteiger partial charge in [0, 0.05) is 31.6 Å². The van der Waals surface area contributed by atoms with E-state index in [2.05, 4.69) is 5.32 Å². The topological polar surface area (TPSA) is 98.6 Å². The van der Waals surface area contributed by atoms with Gasteiger partial charge < -0.3 is 29.4 Å². The van der Waals surface area contributed by atoms with E-state index in [0.717, 1.165) is 33.4 Å². The van der Waals surface area contributed by atoms with Gasteiger partial charge in [-0.2, -0.15) is 0 Å². The lowest BCUT2D eigenvalue weighted by molar-refractivity contribution is -0.128. The third-order valence-corrected chi connectivity index (χ3v) is 9.63. The van der Waals surface area contributed by atoms with E-state index in [-0.39, 0.29) is 12.5 Å². The molecule has 0 fully saturated rings.